The second-order valence-corrected chi connectivity index (χ2v) is 4.88. The molecule has 98 valence electrons. The van der Waals surface area contributed by atoms with Crippen molar-refractivity contribution in [2.75, 3.05) is 11.4 Å². The Kier molecular flexibility index (Phi) is 3.26. The van der Waals surface area contributed by atoms with E-state index in [9.17, 15) is 4.79 Å². The lowest BCUT2D eigenvalue weighted by Crippen LogP contribution is -2.25. The zero-order valence-electron chi connectivity index (χ0n) is 11.4. The summed E-state index contributed by atoms with van der Waals surface area (Å²) in [6.45, 7) is 2.39. The molecule has 2 aromatic carbocycles. The molecule has 0 fully saturated rings. The van der Waals surface area contributed by atoms with E-state index >= 15 is 0 Å². The minimum absolute atomic E-state index is 0.104. The zero-order valence-corrected chi connectivity index (χ0v) is 11.4. The van der Waals surface area contributed by atoms with E-state index in [2.05, 4.69) is 17.9 Å². The smallest absolute Gasteiger partial charge is 0.223 e. The highest BCUT2D eigenvalue weighted by Gasteiger charge is 2.21. The molecule has 2 heteroatoms. The molecule has 0 saturated heterocycles. The van der Waals surface area contributed by atoms with Crippen LogP contribution in [0.3, 0.4) is 0 Å². The summed E-state index contributed by atoms with van der Waals surface area (Å²) in [5, 5.41) is 0. The van der Waals surface area contributed by atoms with Gasteiger partial charge >= 0.3 is 0 Å². The van der Waals surface area contributed by atoms with Crippen LogP contribution in [-0.2, 0) is 11.2 Å². The van der Waals surface area contributed by atoms with E-state index in [1.165, 1.54) is 5.56 Å². The van der Waals surface area contributed by atoms with Crippen LogP contribution in [0, 0.1) is 11.8 Å². The summed E-state index contributed by atoms with van der Waals surface area (Å²) in [5.41, 5.74) is 4.25. The fraction of sp³-hybridized carbons (Fsp3) is 0.167. The molecule has 20 heavy (non-hydrogen) atoms. The van der Waals surface area contributed by atoms with Gasteiger partial charge in [0.15, 0.2) is 0 Å². The average Bonchev–Trinajstić information content (AvgIpc) is 2.89. The molecule has 0 spiro atoms. The highest BCUT2D eigenvalue weighted by Crippen LogP contribution is 2.28. The van der Waals surface area contributed by atoms with Gasteiger partial charge < -0.3 is 4.90 Å². The monoisotopic (exact) mass is 261 g/mol. The molecule has 0 aliphatic carbocycles. The number of benzene rings is 2. The van der Waals surface area contributed by atoms with Crippen LogP contribution in [0.1, 0.15) is 23.6 Å². The van der Waals surface area contributed by atoms with Crippen molar-refractivity contribution >= 4 is 11.6 Å². The molecule has 0 aromatic heterocycles. The third-order valence-electron chi connectivity index (χ3n) is 3.48. The zero-order chi connectivity index (χ0) is 13.9. The molecule has 1 amide bonds. The van der Waals surface area contributed by atoms with Crippen molar-refractivity contribution in [3.05, 3.63) is 65.2 Å². The van der Waals surface area contributed by atoms with Crippen molar-refractivity contribution < 1.29 is 4.79 Å². The summed E-state index contributed by atoms with van der Waals surface area (Å²) < 4.78 is 0. The summed E-state index contributed by atoms with van der Waals surface area (Å²) in [7, 11) is 0. The van der Waals surface area contributed by atoms with Crippen molar-refractivity contribution in [3.63, 3.8) is 0 Å². The normalized spacial score (nSPS) is 12.6. The third kappa shape index (κ3) is 2.44. The van der Waals surface area contributed by atoms with E-state index in [-0.39, 0.29) is 5.91 Å². The highest BCUT2D eigenvalue weighted by atomic mass is 16.2. The van der Waals surface area contributed by atoms with E-state index in [1.54, 1.807) is 6.92 Å². The SMILES string of the molecule is CC(=O)N1CCc2cc(C#Cc3ccccc3)ccc21. The Bertz CT molecular complexity index is 707. The van der Waals surface area contributed by atoms with Gasteiger partial charge in [0.1, 0.15) is 0 Å². The standard InChI is InChI=1S/C18H15NO/c1-14(20)19-12-11-17-13-16(9-10-18(17)19)8-7-15-5-3-2-4-6-15/h2-6,9-10,13H,11-12H2,1H3. The maximum atomic E-state index is 11.5. The third-order valence-corrected chi connectivity index (χ3v) is 3.48. The van der Waals surface area contributed by atoms with Gasteiger partial charge in [-0.15, -0.1) is 0 Å². The van der Waals surface area contributed by atoms with Crippen LogP contribution in [0.5, 0.6) is 0 Å². The molecule has 1 heterocycles. The summed E-state index contributed by atoms with van der Waals surface area (Å²) in [6, 6.07) is 16.0. The quantitative estimate of drug-likeness (QED) is 0.668. The van der Waals surface area contributed by atoms with Crippen molar-refractivity contribution in [3.8, 4) is 11.8 Å². The van der Waals surface area contributed by atoms with Gasteiger partial charge in [0.25, 0.3) is 0 Å². The first-order valence-electron chi connectivity index (χ1n) is 6.72. The summed E-state index contributed by atoms with van der Waals surface area (Å²) in [5.74, 6) is 6.44. The lowest BCUT2D eigenvalue weighted by molar-refractivity contribution is -0.116. The Morgan fingerprint density at radius 3 is 2.55 bits per heavy atom. The van der Waals surface area contributed by atoms with Crippen molar-refractivity contribution in [2.24, 2.45) is 0 Å². The molecular weight excluding hydrogens is 246 g/mol. The van der Waals surface area contributed by atoms with Gasteiger partial charge in [0.2, 0.25) is 5.91 Å². The highest BCUT2D eigenvalue weighted by molar-refractivity contribution is 5.93. The van der Waals surface area contributed by atoms with Crippen molar-refractivity contribution in [1.29, 1.82) is 0 Å². The fourth-order valence-corrected chi connectivity index (χ4v) is 2.47. The molecule has 2 nitrogen and oxygen atoms in total. The van der Waals surface area contributed by atoms with Gasteiger partial charge in [-0.25, -0.2) is 0 Å². The second-order valence-electron chi connectivity index (χ2n) is 4.88. The lowest BCUT2D eigenvalue weighted by atomic mass is 10.1. The summed E-state index contributed by atoms with van der Waals surface area (Å²) in [6.07, 6.45) is 0.912. The van der Waals surface area contributed by atoms with Gasteiger partial charge in [-0.1, -0.05) is 30.0 Å². The molecule has 3 rings (SSSR count). The van der Waals surface area contributed by atoms with E-state index in [0.717, 1.165) is 29.8 Å². The molecule has 0 bridgehead atoms. The minimum Gasteiger partial charge on any atom is -0.312 e. The first-order valence-corrected chi connectivity index (χ1v) is 6.72. The number of hydrogen-bond acceptors (Lipinski definition) is 1. The number of nitrogens with zero attached hydrogens (tertiary/aromatic N) is 1. The van der Waals surface area contributed by atoms with Crippen LogP contribution >= 0.6 is 0 Å². The fourth-order valence-electron chi connectivity index (χ4n) is 2.47. The lowest BCUT2D eigenvalue weighted by Gasteiger charge is -2.14. The first kappa shape index (κ1) is 12.5. The number of carbonyl (C=O) groups is 1. The Morgan fingerprint density at radius 1 is 1.05 bits per heavy atom. The van der Waals surface area contributed by atoms with Crippen molar-refractivity contribution in [2.45, 2.75) is 13.3 Å². The van der Waals surface area contributed by atoms with Crippen LogP contribution in [0.25, 0.3) is 0 Å². The van der Waals surface area contributed by atoms with E-state index in [0.29, 0.717) is 0 Å². The second kappa shape index (κ2) is 5.22. The van der Waals surface area contributed by atoms with E-state index in [4.69, 9.17) is 0 Å². The molecule has 0 atom stereocenters. The molecule has 2 aromatic rings. The molecule has 0 saturated carbocycles. The van der Waals surface area contributed by atoms with Gasteiger partial charge in [-0.05, 0) is 42.3 Å². The number of anilines is 1. The van der Waals surface area contributed by atoms with Gasteiger partial charge in [-0.2, -0.15) is 0 Å². The minimum atomic E-state index is 0.104. The van der Waals surface area contributed by atoms with Gasteiger partial charge in [0.05, 0.1) is 0 Å². The number of hydrogen-bond donors (Lipinski definition) is 0. The average molecular weight is 261 g/mol. The maximum Gasteiger partial charge on any atom is 0.223 e. The molecule has 0 N–H and O–H groups in total. The Hall–Kier alpha value is -2.53. The molecule has 1 aliphatic rings. The summed E-state index contributed by atoms with van der Waals surface area (Å²) >= 11 is 0. The van der Waals surface area contributed by atoms with Crippen LogP contribution in [0.4, 0.5) is 5.69 Å². The molecule has 1 aliphatic heterocycles. The van der Waals surface area contributed by atoms with Crippen LogP contribution in [-0.4, -0.2) is 12.5 Å². The molecular formula is C18H15NO. The summed E-state index contributed by atoms with van der Waals surface area (Å²) in [4.78, 5) is 13.3. The molecule has 0 unspecified atom stereocenters. The largest absolute Gasteiger partial charge is 0.312 e. The van der Waals surface area contributed by atoms with Crippen LogP contribution < -0.4 is 4.90 Å². The van der Waals surface area contributed by atoms with Gasteiger partial charge in [-0.3, -0.25) is 4.79 Å². The van der Waals surface area contributed by atoms with E-state index < -0.39 is 0 Å². The van der Waals surface area contributed by atoms with E-state index in [1.807, 2.05) is 47.4 Å². The van der Waals surface area contributed by atoms with Gasteiger partial charge in [0, 0.05) is 30.3 Å². The number of carbonyl (C=O) groups excluding carboxylic acids is 1. The predicted molar refractivity (Wildman–Crippen MR) is 80.6 cm³/mol. The number of rotatable bonds is 0. The number of fused-ring (bicyclic) bond motifs is 1. The molecule has 0 radical (unpaired) electrons. The number of amides is 1. The topological polar surface area (TPSA) is 20.3 Å². The predicted octanol–water partition coefficient (Wildman–Crippen LogP) is 3.00. The Morgan fingerprint density at radius 2 is 1.80 bits per heavy atom. The Balaban J connectivity index is 1.88. The Labute approximate surface area is 119 Å². The van der Waals surface area contributed by atoms with Crippen LogP contribution in [0.2, 0.25) is 0 Å². The first-order chi connectivity index (χ1) is 9.74. The van der Waals surface area contributed by atoms with Crippen LogP contribution in [0.15, 0.2) is 48.5 Å². The maximum absolute atomic E-state index is 11.5. The van der Waals surface area contributed by atoms with Crippen molar-refractivity contribution in [1.82, 2.24) is 0 Å².